The largest absolute Gasteiger partial charge is 0.412 e. The summed E-state index contributed by atoms with van der Waals surface area (Å²) in [6.07, 6.45) is -0.458. The van der Waals surface area contributed by atoms with E-state index in [9.17, 15) is 4.79 Å². The zero-order chi connectivity index (χ0) is 11.9. The molecule has 3 nitrogen and oxygen atoms in total. The number of rotatable bonds is 3. The highest BCUT2D eigenvalue weighted by molar-refractivity contribution is 5.70. The molecule has 2 rings (SSSR count). The summed E-state index contributed by atoms with van der Waals surface area (Å²) < 4.78 is 5.07. The summed E-state index contributed by atoms with van der Waals surface area (Å²) in [4.78, 5) is 11.4. The first kappa shape index (κ1) is 11.2. The van der Waals surface area contributed by atoms with Crippen LogP contribution in [0.1, 0.15) is 5.56 Å². The van der Waals surface area contributed by atoms with E-state index in [1.54, 1.807) is 24.3 Å². The molecule has 1 amide bonds. The van der Waals surface area contributed by atoms with E-state index in [0.29, 0.717) is 12.3 Å². The molecule has 0 aliphatic heterocycles. The molecule has 0 aliphatic rings. The van der Waals surface area contributed by atoms with Gasteiger partial charge in [-0.15, -0.1) is 0 Å². The van der Waals surface area contributed by atoms with Gasteiger partial charge in [-0.3, -0.25) is 0 Å². The van der Waals surface area contributed by atoms with Crippen molar-refractivity contribution in [1.82, 2.24) is 5.32 Å². The molecule has 1 radical (unpaired) electrons. The smallest absolute Gasteiger partial charge is 0.410 e. The number of carbonyl (C=O) groups excluding carboxylic acids is 1. The fraction of sp³-hybridized carbons (Fsp3) is 0.0714. The molecule has 0 spiro atoms. The van der Waals surface area contributed by atoms with E-state index in [1.165, 1.54) is 0 Å². The average Bonchev–Trinajstić information content (AvgIpc) is 2.39. The second-order valence-electron chi connectivity index (χ2n) is 3.46. The van der Waals surface area contributed by atoms with Crippen molar-refractivity contribution in [3.63, 3.8) is 0 Å². The molecule has 0 saturated carbocycles. The third-order valence-electron chi connectivity index (χ3n) is 2.18. The molecule has 0 bridgehead atoms. The highest BCUT2D eigenvalue weighted by Gasteiger charge is 2.02. The third-order valence-corrected chi connectivity index (χ3v) is 2.18. The van der Waals surface area contributed by atoms with Crippen molar-refractivity contribution in [1.29, 1.82) is 0 Å². The minimum atomic E-state index is -0.458. The van der Waals surface area contributed by atoms with E-state index in [2.05, 4.69) is 11.4 Å². The zero-order valence-corrected chi connectivity index (χ0v) is 9.22. The molecule has 3 heteroatoms. The quantitative estimate of drug-likeness (QED) is 0.873. The maximum atomic E-state index is 11.4. The summed E-state index contributed by atoms with van der Waals surface area (Å²) in [7, 11) is 0. The predicted molar refractivity (Wildman–Crippen MR) is 64.6 cm³/mol. The molecule has 17 heavy (non-hydrogen) atoms. The van der Waals surface area contributed by atoms with E-state index in [4.69, 9.17) is 4.74 Å². The van der Waals surface area contributed by atoms with Crippen molar-refractivity contribution in [2.24, 2.45) is 0 Å². The second kappa shape index (κ2) is 5.70. The van der Waals surface area contributed by atoms with Gasteiger partial charge in [-0.1, -0.05) is 42.5 Å². The zero-order valence-electron chi connectivity index (χ0n) is 9.22. The lowest BCUT2D eigenvalue weighted by Gasteiger charge is -2.06. The highest BCUT2D eigenvalue weighted by atomic mass is 16.5. The number of benzene rings is 2. The topological polar surface area (TPSA) is 38.3 Å². The van der Waals surface area contributed by atoms with E-state index < -0.39 is 6.09 Å². The molecule has 0 atom stereocenters. The Morgan fingerprint density at radius 3 is 2.53 bits per heavy atom. The van der Waals surface area contributed by atoms with Crippen molar-refractivity contribution in [2.75, 3.05) is 0 Å². The molecular weight excluding hydrogens is 214 g/mol. The van der Waals surface area contributed by atoms with Gasteiger partial charge >= 0.3 is 6.09 Å². The molecule has 0 fully saturated rings. The summed E-state index contributed by atoms with van der Waals surface area (Å²) in [5, 5.41) is 2.68. The van der Waals surface area contributed by atoms with E-state index in [1.807, 2.05) is 30.3 Å². The van der Waals surface area contributed by atoms with Gasteiger partial charge in [0.1, 0.15) is 5.75 Å². The van der Waals surface area contributed by atoms with Crippen LogP contribution >= 0.6 is 0 Å². The molecule has 0 saturated heterocycles. The van der Waals surface area contributed by atoms with Crippen LogP contribution in [0.2, 0.25) is 0 Å². The molecular formula is C14H12NO2. The van der Waals surface area contributed by atoms with E-state index >= 15 is 0 Å². The Morgan fingerprint density at radius 2 is 1.82 bits per heavy atom. The Hall–Kier alpha value is -2.29. The van der Waals surface area contributed by atoms with Crippen LogP contribution in [0.3, 0.4) is 0 Å². The van der Waals surface area contributed by atoms with Crippen LogP contribution in [0.15, 0.2) is 54.6 Å². The Kier molecular flexibility index (Phi) is 3.76. The normalized spacial score (nSPS) is 9.65. The lowest BCUT2D eigenvalue weighted by molar-refractivity contribution is 0.200. The van der Waals surface area contributed by atoms with E-state index in [0.717, 1.165) is 5.56 Å². The van der Waals surface area contributed by atoms with Crippen LogP contribution in [0.4, 0.5) is 4.79 Å². The molecule has 0 aliphatic carbocycles. The first-order valence-corrected chi connectivity index (χ1v) is 5.30. The number of nitrogens with one attached hydrogen (secondary N) is 1. The molecule has 2 aromatic carbocycles. The van der Waals surface area contributed by atoms with Crippen molar-refractivity contribution in [3.8, 4) is 5.75 Å². The molecule has 0 heterocycles. The minimum Gasteiger partial charge on any atom is -0.410 e. The maximum absolute atomic E-state index is 11.4. The Labute approximate surface area is 100 Å². The van der Waals surface area contributed by atoms with Gasteiger partial charge in [-0.2, -0.15) is 0 Å². The Balaban J connectivity index is 1.83. The standard InChI is InChI=1S/C14H12NO2/c16-14(17-13-9-5-2-6-10-13)15-11-12-7-3-1-4-8-12/h1,3-10H,11H2,(H,15,16). The number of carbonyl (C=O) groups is 1. The first-order chi connectivity index (χ1) is 8.34. The van der Waals surface area contributed by atoms with Gasteiger partial charge < -0.3 is 10.1 Å². The summed E-state index contributed by atoms with van der Waals surface area (Å²) in [6.45, 7) is 0.457. The second-order valence-corrected chi connectivity index (χ2v) is 3.46. The lowest BCUT2D eigenvalue weighted by atomic mass is 10.2. The monoisotopic (exact) mass is 226 g/mol. The fourth-order valence-electron chi connectivity index (χ4n) is 1.35. The van der Waals surface area contributed by atoms with Crippen LogP contribution in [0, 0.1) is 6.07 Å². The van der Waals surface area contributed by atoms with Crippen molar-refractivity contribution in [3.05, 3.63) is 66.2 Å². The van der Waals surface area contributed by atoms with Crippen LogP contribution < -0.4 is 10.1 Å². The molecule has 85 valence electrons. The first-order valence-electron chi connectivity index (χ1n) is 5.30. The molecule has 2 aromatic rings. The Morgan fingerprint density at radius 1 is 1.12 bits per heavy atom. The van der Waals surface area contributed by atoms with Crippen LogP contribution in [-0.2, 0) is 6.54 Å². The third kappa shape index (κ3) is 3.65. The SMILES string of the molecule is O=C(NCc1ccccc1)Oc1cc[c]cc1. The van der Waals surface area contributed by atoms with Crippen molar-refractivity contribution >= 4 is 6.09 Å². The van der Waals surface area contributed by atoms with Crippen molar-refractivity contribution < 1.29 is 9.53 Å². The number of amides is 1. The van der Waals surface area contributed by atoms with Gasteiger partial charge in [0.15, 0.2) is 0 Å². The summed E-state index contributed by atoms with van der Waals surface area (Å²) >= 11 is 0. The predicted octanol–water partition coefficient (Wildman–Crippen LogP) is 2.78. The van der Waals surface area contributed by atoms with Gasteiger partial charge in [0, 0.05) is 6.54 Å². The number of ether oxygens (including phenoxy) is 1. The summed E-state index contributed by atoms with van der Waals surface area (Å²) in [6, 6.07) is 19.3. The summed E-state index contributed by atoms with van der Waals surface area (Å²) in [5.41, 5.74) is 1.03. The molecule has 1 N–H and O–H groups in total. The van der Waals surface area contributed by atoms with Gasteiger partial charge in [0.25, 0.3) is 0 Å². The van der Waals surface area contributed by atoms with Gasteiger partial charge in [0.2, 0.25) is 0 Å². The Bertz CT molecular complexity index is 468. The maximum Gasteiger partial charge on any atom is 0.412 e. The number of hydrogen-bond donors (Lipinski definition) is 1. The van der Waals surface area contributed by atoms with Gasteiger partial charge in [0.05, 0.1) is 0 Å². The summed E-state index contributed by atoms with van der Waals surface area (Å²) in [5.74, 6) is 0.509. The van der Waals surface area contributed by atoms with Crippen molar-refractivity contribution in [2.45, 2.75) is 6.54 Å². The minimum absolute atomic E-state index is 0.457. The highest BCUT2D eigenvalue weighted by Crippen LogP contribution is 2.08. The van der Waals surface area contributed by atoms with Crippen LogP contribution in [0.5, 0.6) is 5.75 Å². The molecule has 0 aromatic heterocycles. The fourth-order valence-corrected chi connectivity index (χ4v) is 1.35. The van der Waals surface area contributed by atoms with Gasteiger partial charge in [-0.05, 0) is 23.8 Å². The number of hydrogen-bond acceptors (Lipinski definition) is 2. The molecule has 0 unspecified atom stereocenters. The van der Waals surface area contributed by atoms with Gasteiger partial charge in [-0.25, -0.2) is 4.79 Å². The van der Waals surface area contributed by atoms with Crippen LogP contribution in [-0.4, -0.2) is 6.09 Å². The average molecular weight is 226 g/mol. The lowest BCUT2D eigenvalue weighted by Crippen LogP contribution is -2.26. The van der Waals surface area contributed by atoms with Crippen LogP contribution in [0.25, 0.3) is 0 Å². The van der Waals surface area contributed by atoms with E-state index in [-0.39, 0.29) is 0 Å².